The van der Waals surface area contributed by atoms with Crippen molar-refractivity contribution in [1.82, 2.24) is 29.1 Å². The number of rotatable bonds is 2. The van der Waals surface area contributed by atoms with Crippen LogP contribution in [0.2, 0.25) is 0 Å². The fourth-order valence-corrected chi connectivity index (χ4v) is 2.70. The maximum atomic E-state index is 4.40. The average molecular weight is 268 g/mol. The summed E-state index contributed by atoms with van der Waals surface area (Å²) in [5.74, 6) is 0. The van der Waals surface area contributed by atoms with Crippen molar-refractivity contribution in [3.63, 3.8) is 0 Å². The van der Waals surface area contributed by atoms with E-state index in [0.29, 0.717) is 0 Å². The van der Waals surface area contributed by atoms with Crippen molar-refractivity contribution in [3.8, 4) is 22.3 Å². The largest absolute Gasteiger partial charge is 0.285 e. The van der Waals surface area contributed by atoms with Crippen LogP contribution in [-0.2, 0) is 0 Å². The second-order valence-electron chi connectivity index (χ2n) is 4.10. The zero-order valence-corrected chi connectivity index (χ0v) is 10.5. The molecule has 0 saturated heterocycles. The summed E-state index contributed by atoms with van der Waals surface area (Å²) in [4.78, 5) is 0. The molecule has 0 atom stereocenters. The Morgan fingerprint density at radius 1 is 0.789 bits per heavy atom. The summed E-state index contributed by atoms with van der Waals surface area (Å²) >= 11 is 1.21. The van der Waals surface area contributed by atoms with Crippen molar-refractivity contribution in [3.05, 3.63) is 36.9 Å². The molecule has 2 N–H and O–H groups in total. The lowest BCUT2D eigenvalue weighted by Crippen LogP contribution is -1.83. The Kier molecular flexibility index (Phi) is 2.18. The van der Waals surface area contributed by atoms with Crippen molar-refractivity contribution in [2.24, 2.45) is 0 Å². The van der Waals surface area contributed by atoms with E-state index < -0.39 is 0 Å². The van der Waals surface area contributed by atoms with E-state index in [1.54, 1.807) is 12.4 Å². The number of hydrogen-bond acceptors (Lipinski definition) is 5. The molecule has 0 aliphatic rings. The summed E-state index contributed by atoms with van der Waals surface area (Å²) < 4.78 is 8.81. The van der Waals surface area contributed by atoms with Crippen LogP contribution in [0, 0.1) is 0 Å². The van der Waals surface area contributed by atoms with Crippen LogP contribution >= 0.6 is 11.7 Å². The average Bonchev–Trinajstić information content (AvgIpc) is 3.19. The third-order valence-corrected chi connectivity index (χ3v) is 3.56. The smallest absolute Gasteiger partial charge is 0.113 e. The summed E-state index contributed by atoms with van der Waals surface area (Å²) in [5.41, 5.74) is 5.87. The predicted molar refractivity (Wildman–Crippen MR) is 72.6 cm³/mol. The molecule has 19 heavy (non-hydrogen) atoms. The first kappa shape index (κ1) is 10.4. The molecule has 7 heteroatoms. The lowest BCUT2D eigenvalue weighted by Gasteiger charge is -2.02. The van der Waals surface area contributed by atoms with Crippen LogP contribution in [-0.4, -0.2) is 29.1 Å². The number of nitrogens with one attached hydrogen (secondary N) is 2. The molecule has 0 saturated carbocycles. The molecule has 0 aliphatic heterocycles. The Labute approximate surface area is 111 Å². The summed E-state index contributed by atoms with van der Waals surface area (Å²) in [6.07, 6.45) is 7.27. The Morgan fingerprint density at radius 2 is 1.32 bits per heavy atom. The van der Waals surface area contributed by atoms with E-state index in [0.717, 1.165) is 33.3 Å². The molecular formula is C12H8N6S. The number of hydrogen-bond donors (Lipinski definition) is 2. The van der Waals surface area contributed by atoms with Crippen LogP contribution in [0.15, 0.2) is 36.9 Å². The highest BCUT2D eigenvalue weighted by Crippen LogP contribution is 2.33. The van der Waals surface area contributed by atoms with Gasteiger partial charge in [0.15, 0.2) is 0 Å². The van der Waals surface area contributed by atoms with Gasteiger partial charge in [-0.15, -0.1) is 0 Å². The normalized spacial score (nSPS) is 11.2. The predicted octanol–water partition coefficient (Wildman–Crippen LogP) is 2.47. The van der Waals surface area contributed by atoms with Gasteiger partial charge in [-0.3, -0.25) is 10.2 Å². The molecule has 0 unspecified atom stereocenters. The van der Waals surface area contributed by atoms with Crippen molar-refractivity contribution >= 4 is 22.8 Å². The highest BCUT2D eigenvalue weighted by atomic mass is 32.1. The number of aromatic nitrogens is 6. The molecule has 1 aromatic carbocycles. The van der Waals surface area contributed by atoms with Crippen molar-refractivity contribution in [2.75, 3.05) is 0 Å². The third kappa shape index (κ3) is 1.55. The summed E-state index contributed by atoms with van der Waals surface area (Å²) in [7, 11) is 0. The quantitative estimate of drug-likeness (QED) is 0.585. The van der Waals surface area contributed by atoms with Crippen LogP contribution in [0.4, 0.5) is 0 Å². The summed E-state index contributed by atoms with van der Waals surface area (Å²) in [6, 6.07) is 4.08. The Morgan fingerprint density at radius 3 is 1.74 bits per heavy atom. The molecular weight excluding hydrogens is 260 g/mol. The second-order valence-corrected chi connectivity index (χ2v) is 4.62. The minimum atomic E-state index is 0.894. The molecule has 4 aromatic rings. The fraction of sp³-hybridized carbons (Fsp3) is 0. The zero-order chi connectivity index (χ0) is 12.7. The van der Waals surface area contributed by atoms with Crippen LogP contribution in [0.25, 0.3) is 33.3 Å². The molecule has 0 fully saturated rings. The fourth-order valence-electron chi connectivity index (χ4n) is 2.13. The lowest BCUT2D eigenvalue weighted by molar-refractivity contribution is 1.09. The van der Waals surface area contributed by atoms with Gasteiger partial charge < -0.3 is 0 Å². The minimum Gasteiger partial charge on any atom is -0.285 e. The number of aromatic amines is 2. The molecule has 0 radical (unpaired) electrons. The van der Waals surface area contributed by atoms with Crippen molar-refractivity contribution < 1.29 is 0 Å². The summed E-state index contributed by atoms with van der Waals surface area (Å²) in [6.45, 7) is 0. The highest BCUT2D eigenvalue weighted by Gasteiger charge is 2.13. The van der Waals surface area contributed by atoms with Gasteiger partial charge in [0.2, 0.25) is 0 Å². The minimum absolute atomic E-state index is 0.894. The van der Waals surface area contributed by atoms with Crippen LogP contribution < -0.4 is 0 Å². The molecule has 0 bridgehead atoms. The van der Waals surface area contributed by atoms with Crippen LogP contribution in [0.5, 0.6) is 0 Å². The molecule has 4 rings (SSSR count). The Bertz CT molecular complexity index is 747. The molecule has 3 aromatic heterocycles. The van der Waals surface area contributed by atoms with Gasteiger partial charge in [-0.2, -0.15) is 18.9 Å². The first-order valence-electron chi connectivity index (χ1n) is 5.67. The number of fused-ring (bicyclic) bond motifs is 1. The van der Waals surface area contributed by atoms with E-state index in [1.165, 1.54) is 11.7 Å². The molecule has 0 amide bonds. The van der Waals surface area contributed by atoms with E-state index in [9.17, 15) is 0 Å². The van der Waals surface area contributed by atoms with E-state index in [4.69, 9.17) is 0 Å². The lowest BCUT2D eigenvalue weighted by atomic mass is 10.0. The zero-order valence-electron chi connectivity index (χ0n) is 9.66. The van der Waals surface area contributed by atoms with E-state index in [2.05, 4.69) is 29.1 Å². The number of benzene rings is 1. The molecule has 3 heterocycles. The van der Waals surface area contributed by atoms with Gasteiger partial charge in [0, 0.05) is 34.6 Å². The van der Waals surface area contributed by atoms with Crippen LogP contribution in [0.1, 0.15) is 0 Å². The maximum Gasteiger partial charge on any atom is 0.113 e. The molecule has 0 spiro atoms. The number of H-pyrrole nitrogens is 2. The molecule has 6 nitrogen and oxygen atoms in total. The van der Waals surface area contributed by atoms with Gasteiger partial charge in [0.05, 0.1) is 24.1 Å². The van der Waals surface area contributed by atoms with E-state index in [1.807, 2.05) is 24.5 Å². The number of nitrogens with zero attached hydrogens (tertiary/aromatic N) is 4. The maximum absolute atomic E-state index is 4.40. The highest BCUT2D eigenvalue weighted by molar-refractivity contribution is 7.00. The first-order chi connectivity index (χ1) is 9.43. The molecule has 92 valence electrons. The van der Waals surface area contributed by atoms with Crippen molar-refractivity contribution in [2.45, 2.75) is 0 Å². The molecule has 0 aliphatic carbocycles. The Hall–Kier alpha value is -2.54. The van der Waals surface area contributed by atoms with Gasteiger partial charge >= 0.3 is 0 Å². The second kappa shape index (κ2) is 3.99. The van der Waals surface area contributed by atoms with E-state index in [-0.39, 0.29) is 0 Å². The summed E-state index contributed by atoms with van der Waals surface area (Å²) in [5, 5.41) is 13.6. The van der Waals surface area contributed by atoms with Gasteiger partial charge in [-0.05, 0) is 0 Å². The van der Waals surface area contributed by atoms with Gasteiger partial charge in [0.25, 0.3) is 0 Å². The monoisotopic (exact) mass is 268 g/mol. The SMILES string of the molecule is c1n[nH]cc1-c1ccc(-c2cn[nH]c2)c2nsnc12. The van der Waals surface area contributed by atoms with Crippen LogP contribution in [0.3, 0.4) is 0 Å². The van der Waals surface area contributed by atoms with Gasteiger partial charge in [-0.1, -0.05) is 12.1 Å². The first-order valence-corrected chi connectivity index (χ1v) is 6.40. The van der Waals surface area contributed by atoms with E-state index >= 15 is 0 Å². The van der Waals surface area contributed by atoms with Gasteiger partial charge in [-0.25, -0.2) is 0 Å². The topological polar surface area (TPSA) is 83.1 Å². The van der Waals surface area contributed by atoms with Gasteiger partial charge in [0.1, 0.15) is 11.0 Å². The Balaban J connectivity index is 2.01. The standard InChI is InChI=1S/C12H8N6S/c1-2-10(8-5-15-16-6-8)12-11(17-19-18-12)9(1)7-3-13-14-4-7/h1-6H,(H,13,14)(H,15,16). The van der Waals surface area contributed by atoms with Crippen molar-refractivity contribution in [1.29, 1.82) is 0 Å². The third-order valence-electron chi connectivity index (χ3n) is 3.03.